The Labute approximate surface area is 139 Å². The predicted octanol–water partition coefficient (Wildman–Crippen LogP) is 1.04. The summed E-state index contributed by atoms with van der Waals surface area (Å²) in [7, 11) is 0. The Morgan fingerprint density at radius 1 is 1.22 bits per heavy atom. The number of aromatic nitrogens is 2. The third-order valence-electron chi connectivity index (χ3n) is 5.10. The molecule has 1 aliphatic carbocycles. The lowest BCUT2D eigenvalue weighted by molar-refractivity contribution is -0.902. The number of hydrogen-bond donors (Lipinski definition) is 1. The van der Waals surface area contributed by atoms with Crippen LogP contribution in [0.5, 0.6) is 0 Å². The highest BCUT2D eigenvalue weighted by Crippen LogP contribution is 2.33. The van der Waals surface area contributed by atoms with Crippen LogP contribution in [-0.4, -0.2) is 22.6 Å². The van der Waals surface area contributed by atoms with Crippen molar-refractivity contribution in [2.75, 3.05) is 13.1 Å². The molecule has 2 aromatic rings. The molecule has 6 heteroatoms. The normalized spacial score (nSPS) is 18.2. The Balaban J connectivity index is 1.86. The maximum atomic E-state index is 13.0. The number of nitriles is 1. The van der Waals surface area contributed by atoms with Crippen molar-refractivity contribution in [3.63, 3.8) is 0 Å². The summed E-state index contributed by atoms with van der Waals surface area (Å²) in [4.78, 5) is 21.6. The van der Waals surface area contributed by atoms with Crippen LogP contribution in [0, 0.1) is 11.3 Å². The van der Waals surface area contributed by atoms with Crippen molar-refractivity contribution in [3.05, 3.63) is 26.6 Å². The van der Waals surface area contributed by atoms with Crippen molar-refractivity contribution in [1.29, 1.82) is 5.26 Å². The second-order valence-corrected chi connectivity index (χ2v) is 7.69. The molecule has 2 aromatic heterocycles. The number of aryl methyl sites for hydroxylation is 2. The Morgan fingerprint density at radius 3 is 2.78 bits per heavy atom. The van der Waals surface area contributed by atoms with Gasteiger partial charge in [-0.2, -0.15) is 5.26 Å². The fourth-order valence-corrected chi connectivity index (χ4v) is 5.20. The van der Waals surface area contributed by atoms with E-state index in [0.29, 0.717) is 0 Å². The molecule has 1 saturated heterocycles. The molecule has 0 spiro atoms. The first-order valence-corrected chi connectivity index (χ1v) is 9.34. The van der Waals surface area contributed by atoms with Gasteiger partial charge >= 0.3 is 0 Å². The van der Waals surface area contributed by atoms with Gasteiger partial charge in [-0.15, -0.1) is 11.3 Å². The average molecular weight is 329 g/mol. The number of quaternary nitrogens is 1. The molecule has 0 amide bonds. The van der Waals surface area contributed by atoms with Crippen molar-refractivity contribution >= 4 is 21.6 Å². The van der Waals surface area contributed by atoms with E-state index in [1.807, 2.05) is 0 Å². The van der Waals surface area contributed by atoms with Gasteiger partial charge in [0.25, 0.3) is 5.56 Å². The monoisotopic (exact) mass is 329 g/mol. The molecular weight excluding hydrogens is 308 g/mol. The molecule has 0 unspecified atom stereocenters. The van der Waals surface area contributed by atoms with E-state index in [1.54, 1.807) is 15.9 Å². The summed E-state index contributed by atoms with van der Waals surface area (Å²) in [6.07, 6.45) is 6.89. The maximum Gasteiger partial charge on any atom is 0.263 e. The molecular formula is C17H21N4OS+. The minimum absolute atomic E-state index is 0.00421. The standard InChI is InChI=1S/C17H20N4OS/c18-7-10-21-14(11-20-8-3-4-9-20)19-16-15(17(21)22)12-5-1-2-6-13(12)23-16/h1-6,8-11H2/p+1. The van der Waals surface area contributed by atoms with Crippen LogP contribution in [0.2, 0.25) is 0 Å². The number of fused-ring (bicyclic) bond motifs is 3. The fourth-order valence-electron chi connectivity index (χ4n) is 3.92. The van der Waals surface area contributed by atoms with Crippen molar-refractivity contribution in [1.82, 2.24) is 9.55 Å². The van der Waals surface area contributed by atoms with Gasteiger partial charge in [-0.3, -0.25) is 9.36 Å². The first-order chi connectivity index (χ1) is 11.3. The molecule has 1 fully saturated rings. The minimum Gasteiger partial charge on any atom is -0.329 e. The smallest absolute Gasteiger partial charge is 0.263 e. The number of thiophene rings is 1. The van der Waals surface area contributed by atoms with E-state index in [1.165, 1.54) is 34.6 Å². The van der Waals surface area contributed by atoms with Crippen LogP contribution in [0.15, 0.2) is 4.79 Å². The van der Waals surface area contributed by atoms with Crippen LogP contribution in [0.1, 0.15) is 41.9 Å². The second-order valence-electron chi connectivity index (χ2n) is 6.60. The second kappa shape index (κ2) is 6.06. The van der Waals surface area contributed by atoms with Crippen LogP contribution < -0.4 is 10.5 Å². The van der Waals surface area contributed by atoms with Crippen molar-refractivity contribution in [2.24, 2.45) is 0 Å². The summed E-state index contributed by atoms with van der Waals surface area (Å²) in [6.45, 7) is 3.15. The molecule has 23 heavy (non-hydrogen) atoms. The fraction of sp³-hybridized carbons (Fsp3) is 0.588. The van der Waals surface area contributed by atoms with Crippen LogP contribution in [0.3, 0.4) is 0 Å². The Bertz CT molecular complexity index is 839. The molecule has 1 aliphatic heterocycles. The zero-order valence-corrected chi connectivity index (χ0v) is 14.0. The number of nitrogens with one attached hydrogen (secondary N) is 1. The van der Waals surface area contributed by atoms with Crippen LogP contribution in [0.25, 0.3) is 10.2 Å². The highest BCUT2D eigenvalue weighted by atomic mass is 32.1. The topological polar surface area (TPSA) is 63.1 Å². The molecule has 0 radical (unpaired) electrons. The summed E-state index contributed by atoms with van der Waals surface area (Å²) in [5, 5.41) is 9.94. The molecule has 0 bridgehead atoms. The summed E-state index contributed by atoms with van der Waals surface area (Å²) >= 11 is 1.70. The molecule has 120 valence electrons. The summed E-state index contributed by atoms with van der Waals surface area (Å²) in [5.41, 5.74) is 1.21. The Kier molecular flexibility index (Phi) is 3.92. The molecule has 2 aliphatic rings. The van der Waals surface area contributed by atoms with Gasteiger partial charge in [0.2, 0.25) is 0 Å². The lowest BCUT2D eigenvalue weighted by Gasteiger charge is -2.15. The minimum atomic E-state index is 0.00421. The first kappa shape index (κ1) is 14.9. The molecule has 4 rings (SSSR count). The molecule has 0 aromatic carbocycles. The lowest BCUT2D eigenvalue weighted by Crippen LogP contribution is -3.08. The van der Waals surface area contributed by atoms with E-state index in [4.69, 9.17) is 10.2 Å². The van der Waals surface area contributed by atoms with Gasteiger partial charge in [0.1, 0.15) is 17.9 Å². The van der Waals surface area contributed by atoms with Crippen molar-refractivity contribution < 1.29 is 4.90 Å². The molecule has 3 heterocycles. The van der Waals surface area contributed by atoms with Gasteiger partial charge in [0, 0.05) is 17.7 Å². The van der Waals surface area contributed by atoms with E-state index in [9.17, 15) is 4.79 Å². The largest absolute Gasteiger partial charge is 0.329 e. The third kappa shape index (κ3) is 2.58. The summed E-state index contributed by atoms with van der Waals surface area (Å²) < 4.78 is 1.62. The van der Waals surface area contributed by atoms with Gasteiger partial charge in [-0.1, -0.05) is 0 Å². The average Bonchev–Trinajstić information content (AvgIpc) is 3.18. The number of likely N-dealkylation sites (tertiary alicyclic amines) is 1. The molecule has 0 atom stereocenters. The Morgan fingerprint density at radius 2 is 2.00 bits per heavy atom. The van der Waals surface area contributed by atoms with Gasteiger partial charge in [-0.05, 0) is 31.2 Å². The van der Waals surface area contributed by atoms with E-state index in [0.717, 1.165) is 54.9 Å². The van der Waals surface area contributed by atoms with E-state index >= 15 is 0 Å². The maximum absolute atomic E-state index is 13.0. The van der Waals surface area contributed by atoms with Crippen LogP contribution in [-0.2, 0) is 25.9 Å². The lowest BCUT2D eigenvalue weighted by atomic mass is 9.97. The van der Waals surface area contributed by atoms with Crippen molar-refractivity contribution in [2.45, 2.75) is 51.6 Å². The van der Waals surface area contributed by atoms with Crippen LogP contribution >= 0.6 is 11.3 Å². The number of rotatable bonds is 3. The van der Waals surface area contributed by atoms with E-state index in [-0.39, 0.29) is 12.1 Å². The zero-order valence-electron chi connectivity index (χ0n) is 13.2. The SMILES string of the molecule is N#CCn1c(C[NH+]2CCCC2)nc2sc3c(c2c1=O)CCCC3. The molecule has 5 nitrogen and oxygen atoms in total. The highest BCUT2D eigenvalue weighted by molar-refractivity contribution is 7.18. The van der Waals surface area contributed by atoms with Gasteiger partial charge < -0.3 is 4.90 Å². The highest BCUT2D eigenvalue weighted by Gasteiger charge is 2.24. The number of nitrogens with zero attached hydrogens (tertiary/aromatic N) is 3. The molecule has 1 N–H and O–H groups in total. The van der Waals surface area contributed by atoms with E-state index < -0.39 is 0 Å². The van der Waals surface area contributed by atoms with Gasteiger partial charge in [-0.25, -0.2) is 4.98 Å². The summed E-state index contributed by atoms with van der Waals surface area (Å²) in [6, 6.07) is 2.14. The predicted molar refractivity (Wildman–Crippen MR) is 89.8 cm³/mol. The van der Waals surface area contributed by atoms with Crippen LogP contribution in [0.4, 0.5) is 0 Å². The Hall–Kier alpha value is -1.71. The number of hydrogen-bond acceptors (Lipinski definition) is 4. The zero-order chi connectivity index (χ0) is 15.8. The van der Waals surface area contributed by atoms with Crippen molar-refractivity contribution in [3.8, 4) is 6.07 Å². The first-order valence-electron chi connectivity index (χ1n) is 8.52. The van der Waals surface area contributed by atoms with E-state index in [2.05, 4.69) is 6.07 Å². The van der Waals surface area contributed by atoms with Gasteiger partial charge in [0.05, 0.1) is 24.5 Å². The molecule has 0 saturated carbocycles. The van der Waals surface area contributed by atoms with Gasteiger partial charge in [0.15, 0.2) is 5.82 Å². The summed E-state index contributed by atoms with van der Waals surface area (Å²) in [5.74, 6) is 0.791. The third-order valence-corrected chi connectivity index (χ3v) is 6.29. The quantitative estimate of drug-likeness (QED) is 0.915.